The maximum atomic E-state index is 10.3. The first-order valence-corrected chi connectivity index (χ1v) is 11.0. The van der Waals surface area contributed by atoms with E-state index in [-0.39, 0.29) is 0 Å². The highest BCUT2D eigenvalue weighted by atomic mass is 35.5. The fourth-order valence-corrected chi connectivity index (χ4v) is 4.81. The van der Waals surface area contributed by atoms with Gasteiger partial charge in [0.1, 0.15) is 6.10 Å². The molecule has 0 spiro atoms. The Labute approximate surface area is 167 Å². The molecule has 1 saturated heterocycles. The van der Waals surface area contributed by atoms with E-state index in [9.17, 15) is 5.11 Å². The van der Waals surface area contributed by atoms with Gasteiger partial charge in [-0.3, -0.25) is 4.99 Å². The monoisotopic (exact) mass is 412 g/mol. The molecule has 3 rings (SSSR count). The molecular formula is C18H25ClN4OS2. The van der Waals surface area contributed by atoms with Crippen LogP contribution in [0.15, 0.2) is 34.6 Å². The van der Waals surface area contributed by atoms with Crippen LogP contribution in [0.1, 0.15) is 30.7 Å². The molecule has 1 fully saturated rings. The Morgan fingerprint density at radius 1 is 1.38 bits per heavy atom. The van der Waals surface area contributed by atoms with Crippen LogP contribution in [0.25, 0.3) is 0 Å². The van der Waals surface area contributed by atoms with Crippen LogP contribution in [0.2, 0.25) is 4.34 Å². The number of hydrogen-bond acceptors (Lipinski definition) is 5. The van der Waals surface area contributed by atoms with Crippen LogP contribution in [0.4, 0.5) is 5.00 Å². The average molecular weight is 413 g/mol. The van der Waals surface area contributed by atoms with Gasteiger partial charge in [0.2, 0.25) is 0 Å². The van der Waals surface area contributed by atoms with Crippen molar-refractivity contribution in [2.75, 3.05) is 31.1 Å². The van der Waals surface area contributed by atoms with Crippen molar-refractivity contribution in [3.8, 4) is 0 Å². The quantitative estimate of drug-likeness (QED) is 0.500. The molecular weight excluding hydrogens is 388 g/mol. The number of aliphatic imine (C=N–C) groups is 1. The van der Waals surface area contributed by atoms with Gasteiger partial charge in [0.25, 0.3) is 0 Å². The Morgan fingerprint density at radius 3 is 2.81 bits per heavy atom. The van der Waals surface area contributed by atoms with Crippen LogP contribution < -0.4 is 15.5 Å². The predicted octanol–water partition coefficient (Wildman–Crippen LogP) is 3.72. The van der Waals surface area contributed by atoms with Crippen molar-refractivity contribution in [2.45, 2.75) is 31.9 Å². The molecule has 1 aliphatic rings. The summed E-state index contributed by atoms with van der Waals surface area (Å²) in [6.07, 6.45) is 1.53. The second-order valence-corrected chi connectivity index (χ2v) is 8.91. The summed E-state index contributed by atoms with van der Waals surface area (Å²) in [4.78, 5) is 7.85. The minimum atomic E-state index is -0.622. The third kappa shape index (κ3) is 5.36. The largest absolute Gasteiger partial charge is 0.386 e. The number of hydrogen-bond donors (Lipinski definition) is 3. The Hall–Kier alpha value is -1.28. The molecule has 8 heteroatoms. The van der Waals surface area contributed by atoms with Crippen molar-refractivity contribution >= 4 is 45.2 Å². The van der Waals surface area contributed by atoms with Gasteiger partial charge in [-0.1, -0.05) is 11.6 Å². The van der Waals surface area contributed by atoms with Gasteiger partial charge in [0, 0.05) is 30.6 Å². The van der Waals surface area contributed by atoms with E-state index in [0.717, 1.165) is 43.3 Å². The number of nitrogens with one attached hydrogen (secondary N) is 2. The molecule has 2 aromatic rings. The van der Waals surface area contributed by atoms with Gasteiger partial charge in [-0.05, 0) is 49.4 Å². The molecule has 3 N–H and O–H groups in total. The van der Waals surface area contributed by atoms with Crippen LogP contribution in [0.3, 0.4) is 0 Å². The van der Waals surface area contributed by atoms with Crippen molar-refractivity contribution in [3.63, 3.8) is 0 Å². The van der Waals surface area contributed by atoms with Gasteiger partial charge < -0.3 is 20.6 Å². The van der Waals surface area contributed by atoms with E-state index < -0.39 is 6.10 Å². The van der Waals surface area contributed by atoms with Crippen molar-refractivity contribution in [1.82, 2.24) is 10.6 Å². The van der Waals surface area contributed by atoms with Crippen molar-refractivity contribution in [2.24, 2.45) is 4.99 Å². The zero-order chi connectivity index (χ0) is 18.4. The number of halogens is 1. The van der Waals surface area contributed by atoms with Crippen LogP contribution in [0, 0.1) is 0 Å². The third-order valence-electron chi connectivity index (χ3n) is 4.34. The van der Waals surface area contributed by atoms with Gasteiger partial charge in [-0.25, -0.2) is 0 Å². The van der Waals surface area contributed by atoms with Crippen LogP contribution >= 0.6 is 34.3 Å². The summed E-state index contributed by atoms with van der Waals surface area (Å²) in [6.45, 7) is 5.26. The SMILES string of the molecule is CCNC(=NCC(O)c1ccc(Cl)s1)NC1CCN(c2cccs2)CC1. The predicted molar refractivity (Wildman–Crippen MR) is 113 cm³/mol. The molecule has 0 radical (unpaired) electrons. The average Bonchev–Trinajstić information content (AvgIpc) is 3.32. The lowest BCUT2D eigenvalue weighted by molar-refractivity contribution is 0.191. The molecule has 0 amide bonds. The van der Waals surface area contributed by atoms with Crippen LogP contribution in [0.5, 0.6) is 0 Å². The number of nitrogens with zero attached hydrogens (tertiary/aromatic N) is 2. The topological polar surface area (TPSA) is 59.9 Å². The van der Waals surface area contributed by atoms with Gasteiger partial charge in [0.05, 0.1) is 15.9 Å². The van der Waals surface area contributed by atoms with E-state index in [2.05, 4.69) is 38.0 Å². The molecule has 0 bridgehead atoms. The maximum Gasteiger partial charge on any atom is 0.191 e. The number of guanidine groups is 1. The molecule has 1 atom stereocenters. The Kier molecular flexibility index (Phi) is 7.19. The molecule has 0 aliphatic carbocycles. The van der Waals surface area contributed by atoms with Gasteiger partial charge in [0.15, 0.2) is 5.96 Å². The molecule has 26 heavy (non-hydrogen) atoms. The summed E-state index contributed by atoms with van der Waals surface area (Å²) < 4.78 is 0.686. The molecule has 142 valence electrons. The molecule has 2 aromatic heterocycles. The summed E-state index contributed by atoms with van der Waals surface area (Å²) in [7, 11) is 0. The zero-order valence-electron chi connectivity index (χ0n) is 14.8. The fraction of sp³-hybridized carbons (Fsp3) is 0.500. The Bertz CT molecular complexity index is 696. The standard InChI is InChI=1S/C18H25ClN4OS2/c1-2-20-18(21-12-14(24)15-5-6-16(19)26-15)22-13-7-9-23(10-8-13)17-4-3-11-25-17/h3-6,11,13-14,24H,2,7-10,12H2,1H3,(H2,20,21,22). The van der Waals surface area contributed by atoms with Crippen molar-refractivity contribution in [3.05, 3.63) is 38.9 Å². The summed E-state index contributed by atoms with van der Waals surface area (Å²) in [5.41, 5.74) is 0. The van der Waals surface area contributed by atoms with E-state index in [1.54, 1.807) is 17.4 Å². The molecule has 1 aliphatic heterocycles. The van der Waals surface area contributed by atoms with E-state index in [0.29, 0.717) is 16.9 Å². The number of piperidine rings is 1. The van der Waals surface area contributed by atoms with Crippen molar-refractivity contribution in [1.29, 1.82) is 0 Å². The number of anilines is 1. The van der Waals surface area contributed by atoms with Gasteiger partial charge >= 0.3 is 0 Å². The first kappa shape index (κ1) is 19.5. The Morgan fingerprint density at radius 2 is 2.19 bits per heavy atom. The lowest BCUT2D eigenvalue weighted by atomic mass is 10.1. The fourth-order valence-electron chi connectivity index (χ4n) is 2.98. The second-order valence-electron chi connectivity index (χ2n) is 6.23. The molecule has 0 saturated carbocycles. The zero-order valence-corrected chi connectivity index (χ0v) is 17.2. The molecule has 0 aromatic carbocycles. The molecule has 3 heterocycles. The summed E-state index contributed by atoms with van der Waals surface area (Å²) in [6, 6.07) is 8.35. The van der Waals surface area contributed by atoms with Gasteiger partial charge in [-0.2, -0.15) is 0 Å². The van der Waals surface area contributed by atoms with Crippen LogP contribution in [-0.4, -0.2) is 43.3 Å². The van der Waals surface area contributed by atoms with Gasteiger partial charge in [-0.15, -0.1) is 22.7 Å². The van der Waals surface area contributed by atoms with Crippen molar-refractivity contribution < 1.29 is 5.11 Å². The smallest absolute Gasteiger partial charge is 0.191 e. The second kappa shape index (κ2) is 9.60. The van der Waals surface area contributed by atoms with E-state index in [4.69, 9.17) is 11.6 Å². The first-order valence-electron chi connectivity index (χ1n) is 8.92. The molecule has 1 unspecified atom stereocenters. The first-order chi connectivity index (χ1) is 12.7. The maximum absolute atomic E-state index is 10.3. The summed E-state index contributed by atoms with van der Waals surface area (Å²) in [5.74, 6) is 0.767. The molecule has 5 nitrogen and oxygen atoms in total. The minimum absolute atomic E-state index is 0.320. The van der Waals surface area contributed by atoms with E-state index >= 15 is 0 Å². The lowest BCUT2D eigenvalue weighted by Crippen LogP contribution is -2.48. The lowest BCUT2D eigenvalue weighted by Gasteiger charge is -2.33. The third-order valence-corrected chi connectivity index (χ3v) is 6.60. The highest BCUT2D eigenvalue weighted by molar-refractivity contribution is 7.16. The summed E-state index contributed by atoms with van der Waals surface area (Å²) >= 11 is 9.13. The number of thiophene rings is 2. The normalized spacial score (nSPS) is 17.3. The number of rotatable bonds is 6. The number of aliphatic hydroxyl groups excluding tert-OH is 1. The highest BCUT2D eigenvalue weighted by Crippen LogP contribution is 2.27. The summed E-state index contributed by atoms with van der Waals surface area (Å²) in [5, 5.41) is 20.5. The number of aliphatic hydroxyl groups is 1. The van der Waals surface area contributed by atoms with E-state index in [1.807, 2.05) is 13.0 Å². The minimum Gasteiger partial charge on any atom is -0.386 e. The van der Waals surface area contributed by atoms with Crippen LogP contribution in [-0.2, 0) is 0 Å². The Balaban J connectivity index is 1.51. The highest BCUT2D eigenvalue weighted by Gasteiger charge is 2.21. The van der Waals surface area contributed by atoms with E-state index in [1.165, 1.54) is 16.3 Å².